The molecule has 1 aliphatic heterocycles. The molecule has 2 atom stereocenters. The van der Waals surface area contributed by atoms with Gasteiger partial charge < -0.3 is 15.5 Å². The Kier molecular flexibility index (Phi) is 15.5. The number of nitriles is 1. The number of likely N-dealkylation sites (tertiary alicyclic amines) is 1. The molecule has 2 aromatic heterocycles. The van der Waals surface area contributed by atoms with Crippen molar-refractivity contribution in [3.63, 3.8) is 0 Å². The third kappa shape index (κ3) is 11.5. The van der Waals surface area contributed by atoms with Crippen molar-refractivity contribution in [2.75, 3.05) is 19.6 Å². The Balaban J connectivity index is 0.000000638. The summed E-state index contributed by atoms with van der Waals surface area (Å²) in [5, 5.41) is 17.1. The first-order valence-electron chi connectivity index (χ1n) is 12.9. The van der Waals surface area contributed by atoms with Gasteiger partial charge in [0.15, 0.2) is 0 Å². The third-order valence-corrected chi connectivity index (χ3v) is 6.27. The molecule has 1 fully saturated rings. The van der Waals surface area contributed by atoms with Crippen LogP contribution in [0.25, 0.3) is 5.52 Å². The number of carbonyl (C=O) groups excluding carboxylic acids is 3. The molecule has 9 nitrogen and oxygen atoms in total. The number of pyridine rings is 1. The Labute approximate surface area is 242 Å². The van der Waals surface area contributed by atoms with Crippen molar-refractivity contribution in [2.24, 2.45) is 17.3 Å². The van der Waals surface area contributed by atoms with Crippen molar-refractivity contribution in [2.45, 2.75) is 67.6 Å². The number of nitrogens with zero attached hydrogens (tertiary/aromatic N) is 4. The quantitative estimate of drug-likeness (QED) is 0.436. The van der Waals surface area contributed by atoms with Gasteiger partial charge in [-0.2, -0.15) is 23.5 Å². The molecule has 2 aromatic rings. The van der Waals surface area contributed by atoms with Gasteiger partial charge in [0.25, 0.3) is 0 Å². The standard InChI is InChI=1S/C11H17F3N2O2.C10H7BrN4O.C4H10.C2H6/c1-7-5-16(6-10(7,2)3)8(17)4-15-9(18)11(12,13)14;11-8-2-1-3-15-10(8)7(5-14-15)9(4-12)13-6-16;1-4(2)3;1-2/h7H,4-6H2,1-3H3,(H,15,18);1-3,5-6,9H,(H,13,16);4H,1-3H3;1-2H3. The van der Waals surface area contributed by atoms with Crippen LogP contribution in [0.15, 0.2) is 29.0 Å². The predicted octanol–water partition coefficient (Wildman–Crippen LogP) is 5.27. The summed E-state index contributed by atoms with van der Waals surface area (Å²) in [5.74, 6) is -1.45. The summed E-state index contributed by atoms with van der Waals surface area (Å²) in [5.41, 5.74) is 1.40. The van der Waals surface area contributed by atoms with Gasteiger partial charge in [-0.05, 0) is 45.3 Å². The summed E-state index contributed by atoms with van der Waals surface area (Å²) in [7, 11) is 0. The van der Waals surface area contributed by atoms with Gasteiger partial charge >= 0.3 is 12.1 Å². The van der Waals surface area contributed by atoms with E-state index in [1.807, 2.05) is 52.8 Å². The van der Waals surface area contributed by atoms with Crippen LogP contribution in [0.2, 0.25) is 0 Å². The van der Waals surface area contributed by atoms with E-state index >= 15 is 0 Å². The van der Waals surface area contributed by atoms with Crippen LogP contribution in [0.5, 0.6) is 0 Å². The zero-order valence-electron chi connectivity index (χ0n) is 24.3. The summed E-state index contributed by atoms with van der Waals surface area (Å²) in [6.07, 6.45) is -1.09. The lowest BCUT2D eigenvalue weighted by Crippen LogP contribution is -2.44. The normalized spacial score (nSPS) is 16.2. The molecule has 2 unspecified atom stereocenters. The fourth-order valence-electron chi connectivity index (χ4n) is 3.35. The summed E-state index contributed by atoms with van der Waals surface area (Å²) < 4.78 is 38.3. The van der Waals surface area contributed by atoms with E-state index in [9.17, 15) is 27.6 Å². The zero-order valence-corrected chi connectivity index (χ0v) is 25.9. The van der Waals surface area contributed by atoms with Crippen LogP contribution in [0.4, 0.5) is 13.2 Å². The number of aromatic nitrogens is 2. The third-order valence-electron chi connectivity index (χ3n) is 5.63. The van der Waals surface area contributed by atoms with Gasteiger partial charge in [-0.3, -0.25) is 14.4 Å². The number of rotatable bonds is 5. The van der Waals surface area contributed by atoms with Crippen LogP contribution in [0, 0.1) is 28.6 Å². The first kappa shape index (κ1) is 36.9. The Morgan fingerprint density at radius 2 is 1.88 bits per heavy atom. The lowest BCUT2D eigenvalue weighted by molar-refractivity contribution is -0.174. The summed E-state index contributed by atoms with van der Waals surface area (Å²) in [4.78, 5) is 34.1. The SMILES string of the molecule is CC.CC(C)C.CC1CN(C(=O)CNC(=O)C(F)(F)F)CC1(C)C.N#CC(NC=O)c1cnn2cccc(Br)c12. The second-order valence-electron chi connectivity index (χ2n) is 10.2. The summed E-state index contributed by atoms with van der Waals surface area (Å²) >= 11 is 3.39. The van der Waals surface area contributed by atoms with E-state index < -0.39 is 30.6 Å². The van der Waals surface area contributed by atoms with E-state index in [1.54, 1.807) is 22.2 Å². The highest BCUT2D eigenvalue weighted by molar-refractivity contribution is 9.10. The maximum absolute atomic E-state index is 11.9. The predicted molar refractivity (Wildman–Crippen MR) is 151 cm³/mol. The summed E-state index contributed by atoms with van der Waals surface area (Å²) in [6, 6.07) is 5.01. The van der Waals surface area contributed by atoms with Crippen LogP contribution in [0.1, 0.15) is 67.0 Å². The van der Waals surface area contributed by atoms with Gasteiger partial charge in [0.05, 0.1) is 24.3 Å². The molecular formula is C27H40BrF3N6O3. The van der Waals surface area contributed by atoms with Crippen LogP contribution >= 0.6 is 15.9 Å². The Bertz CT molecular complexity index is 1140. The molecule has 2 N–H and O–H groups in total. The largest absolute Gasteiger partial charge is 0.471 e. The van der Waals surface area contributed by atoms with E-state index in [1.165, 1.54) is 4.90 Å². The molecule has 3 heterocycles. The molecule has 0 bridgehead atoms. The fraction of sp³-hybridized carbons (Fsp3) is 0.593. The minimum Gasteiger partial charge on any atom is -0.340 e. The van der Waals surface area contributed by atoms with Crippen molar-refractivity contribution in [3.05, 3.63) is 34.6 Å². The monoisotopic (exact) mass is 632 g/mol. The van der Waals surface area contributed by atoms with Crippen molar-refractivity contribution >= 4 is 39.7 Å². The Morgan fingerprint density at radius 3 is 2.33 bits per heavy atom. The minimum absolute atomic E-state index is 0.0519. The number of nitrogens with one attached hydrogen (secondary N) is 2. The number of fused-ring (bicyclic) bond motifs is 1. The molecule has 224 valence electrons. The smallest absolute Gasteiger partial charge is 0.340 e. The number of hydrogen-bond donors (Lipinski definition) is 2. The molecule has 0 saturated carbocycles. The molecule has 3 rings (SSSR count). The van der Waals surface area contributed by atoms with Crippen LogP contribution in [-0.2, 0) is 14.4 Å². The average Bonchev–Trinajstić information content (AvgIpc) is 3.42. The van der Waals surface area contributed by atoms with Crippen LogP contribution < -0.4 is 10.6 Å². The molecule has 0 spiro atoms. The first-order valence-corrected chi connectivity index (χ1v) is 13.7. The van der Waals surface area contributed by atoms with E-state index in [0.29, 0.717) is 25.1 Å². The molecule has 13 heteroatoms. The van der Waals surface area contributed by atoms with Gasteiger partial charge in [0.1, 0.15) is 6.04 Å². The summed E-state index contributed by atoms with van der Waals surface area (Å²) in [6.45, 7) is 16.9. The zero-order chi connectivity index (χ0) is 31.3. The molecule has 3 amide bonds. The second kappa shape index (κ2) is 16.8. The van der Waals surface area contributed by atoms with Crippen molar-refractivity contribution in [3.8, 4) is 6.07 Å². The highest BCUT2D eigenvalue weighted by Gasteiger charge is 2.41. The maximum Gasteiger partial charge on any atom is 0.471 e. The lowest BCUT2D eigenvalue weighted by Gasteiger charge is -2.22. The van der Waals surface area contributed by atoms with E-state index in [0.717, 1.165) is 15.9 Å². The lowest BCUT2D eigenvalue weighted by atomic mass is 9.84. The number of carbonyl (C=O) groups is 3. The first-order chi connectivity index (χ1) is 18.5. The highest BCUT2D eigenvalue weighted by Crippen LogP contribution is 2.34. The van der Waals surface area contributed by atoms with Gasteiger partial charge in [-0.15, -0.1) is 0 Å². The van der Waals surface area contributed by atoms with Crippen molar-refractivity contribution in [1.82, 2.24) is 25.1 Å². The molecule has 1 aliphatic rings. The molecule has 0 aromatic carbocycles. The van der Waals surface area contributed by atoms with Gasteiger partial charge in [0.2, 0.25) is 12.3 Å². The van der Waals surface area contributed by atoms with Crippen LogP contribution in [0.3, 0.4) is 0 Å². The molecule has 0 aliphatic carbocycles. The number of alkyl halides is 3. The number of hydrogen-bond acceptors (Lipinski definition) is 5. The van der Waals surface area contributed by atoms with Gasteiger partial charge in [-0.1, -0.05) is 55.4 Å². The van der Waals surface area contributed by atoms with E-state index in [4.69, 9.17) is 5.26 Å². The van der Waals surface area contributed by atoms with Crippen LogP contribution in [-0.4, -0.2) is 58.5 Å². The van der Waals surface area contributed by atoms with Gasteiger partial charge in [0, 0.05) is 29.3 Å². The molecule has 40 heavy (non-hydrogen) atoms. The topological polar surface area (TPSA) is 120 Å². The fourth-order valence-corrected chi connectivity index (χ4v) is 3.91. The second-order valence-corrected chi connectivity index (χ2v) is 11.0. The highest BCUT2D eigenvalue weighted by atomic mass is 79.9. The Hall–Kier alpha value is -3.14. The number of halogens is 4. The molecule has 0 radical (unpaired) electrons. The van der Waals surface area contributed by atoms with Crippen molar-refractivity contribution < 1.29 is 27.6 Å². The van der Waals surface area contributed by atoms with E-state index in [-0.39, 0.29) is 11.3 Å². The average molecular weight is 634 g/mol. The maximum atomic E-state index is 11.9. The van der Waals surface area contributed by atoms with Gasteiger partial charge in [-0.25, -0.2) is 4.52 Å². The molecular weight excluding hydrogens is 593 g/mol. The number of amides is 3. The molecule has 1 saturated heterocycles. The minimum atomic E-state index is -4.95. The van der Waals surface area contributed by atoms with E-state index in [2.05, 4.69) is 47.1 Å². The van der Waals surface area contributed by atoms with Crippen molar-refractivity contribution in [1.29, 1.82) is 5.26 Å². The Morgan fingerprint density at radius 1 is 1.30 bits per heavy atom.